The molecule has 0 radical (unpaired) electrons. The van der Waals surface area contributed by atoms with E-state index < -0.39 is 6.04 Å². The molecule has 2 amide bonds. The van der Waals surface area contributed by atoms with Gasteiger partial charge >= 0.3 is 0 Å². The lowest BCUT2D eigenvalue weighted by atomic mass is 9.93. The van der Waals surface area contributed by atoms with Crippen molar-refractivity contribution in [2.24, 2.45) is 0 Å². The fourth-order valence-electron chi connectivity index (χ4n) is 2.54. The first-order valence-electron chi connectivity index (χ1n) is 7.61. The molecule has 3 heterocycles. The molecule has 0 bridgehead atoms. The Hall–Kier alpha value is -1.86. The van der Waals surface area contributed by atoms with Crippen molar-refractivity contribution in [3.8, 4) is 0 Å². The summed E-state index contributed by atoms with van der Waals surface area (Å²) in [5.74, 6) is 0.680. The molecule has 1 unspecified atom stereocenters. The lowest BCUT2D eigenvalue weighted by Crippen LogP contribution is -2.41. The Bertz CT molecular complexity index is 778. The molecule has 8 heteroatoms. The van der Waals surface area contributed by atoms with E-state index in [9.17, 15) is 9.59 Å². The smallest absolute Gasteiger partial charge is 0.248 e. The Kier molecular flexibility index (Phi) is 4.40. The molecule has 1 atom stereocenters. The number of thiophene rings is 1. The third-order valence-electron chi connectivity index (χ3n) is 3.81. The third kappa shape index (κ3) is 3.32. The van der Waals surface area contributed by atoms with Crippen molar-refractivity contribution in [3.63, 3.8) is 0 Å². The molecule has 0 aliphatic carbocycles. The number of carbonyl (C=O) groups is 2. The molecule has 1 aliphatic heterocycles. The second kappa shape index (κ2) is 6.22. The van der Waals surface area contributed by atoms with Crippen LogP contribution < -0.4 is 10.2 Å². The number of nitrogens with zero attached hydrogens (tertiary/aromatic N) is 2. The summed E-state index contributed by atoms with van der Waals surface area (Å²) in [7, 11) is 0. The summed E-state index contributed by atoms with van der Waals surface area (Å²) in [6, 6.07) is 4.61. The van der Waals surface area contributed by atoms with Crippen molar-refractivity contribution in [2.45, 2.75) is 45.1 Å². The van der Waals surface area contributed by atoms with Gasteiger partial charge in [-0.15, -0.1) is 11.3 Å². The Morgan fingerprint density at radius 2 is 2.21 bits per heavy atom. The van der Waals surface area contributed by atoms with Crippen LogP contribution in [0.5, 0.6) is 0 Å². The molecule has 6 nitrogen and oxygen atoms in total. The maximum absolute atomic E-state index is 12.6. The molecule has 1 N–H and O–H groups in total. The normalized spacial score (nSPS) is 18.2. The lowest BCUT2D eigenvalue weighted by molar-refractivity contribution is -0.120. The molecule has 2 aromatic rings. The number of carbonyl (C=O) groups excluding carboxylic acids is 2. The average Bonchev–Trinajstić information content (AvgIpc) is 3.18. The average molecular weight is 368 g/mol. The van der Waals surface area contributed by atoms with Crippen molar-refractivity contribution in [1.82, 2.24) is 5.16 Å². The molecule has 0 spiro atoms. The van der Waals surface area contributed by atoms with Crippen molar-refractivity contribution >= 4 is 45.6 Å². The van der Waals surface area contributed by atoms with E-state index >= 15 is 0 Å². The Morgan fingerprint density at radius 3 is 2.79 bits per heavy atom. The van der Waals surface area contributed by atoms with E-state index in [1.54, 1.807) is 18.2 Å². The quantitative estimate of drug-likeness (QED) is 0.894. The van der Waals surface area contributed by atoms with Crippen LogP contribution in [0.3, 0.4) is 0 Å². The van der Waals surface area contributed by atoms with Crippen molar-refractivity contribution in [1.29, 1.82) is 0 Å². The number of halogens is 1. The van der Waals surface area contributed by atoms with Crippen molar-refractivity contribution in [3.05, 3.63) is 28.3 Å². The predicted octanol–water partition coefficient (Wildman–Crippen LogP) is 3.82. The van der Waals surface area contributed by atoms with Crippen LogP contribution in [-0.4, -0.2) is 23.0 Å². The maximum Gasteiger partial charge on any atom is 0.248 e. The van der Waals surface area contributed by atoms with Crippen LogP contribution in [-0.2, 0) is 15.0 Å². The SMILES string of the molecule is CC(C)(C)c1cc(NC(=O)C2CCC(=O)N2c2ccc(Cl)s2)no1. The van der Waals surface area contributed by atoms with Crippen LogP contribution in [0.4, 0.5) is 10.8 Å². The molecule has 1 saturated heterocycles. The molecule has 1 fully saturated rings. The largest absolute Gasteiger partial charge is 0.359 e. The fourth-order valence-corrected chi connectivity index (χ4v) is 3.64. The van der Waals surface area contributed by atoms with E-state index in [2.05, 4.69) is 10.5 Å². The van der Waals surface area contributed by atoms with Gasteiger partial charge < -0.3 is 9.84 Å². The first-order valence-corrected chi connectivity index (χ1v) is 8.80. The van der Waals surface area contributed by atoms with E-state index in [0.29, 0.717) is 33.8 Å². The Labute approximate surface area is 148 Å². The molecule has 3 rings (SSSR count). The van der Waals surface area contributed by atoms with Gasteiger partial charge in [0, 0.05) is 17.9 Å². The fraction of sp³-hybridized carbons (Fsp3) is 0.438. The van der Waals surface area contributed by atoms with Crippen LogP contribution in [0, 0.1) is 0 Å². The highest BCUT2D eigenvalue weighted by Crippen LogP contribution is 2.35. The first kappa shape index (κ1) is 17.0. The minimum atomic E-state index is -0.568. The van der Waals surface area contributed by atoms with Gasteiger partial charge in [-0.05, 0) is 18.6 Å². The molecule has 0 saturated carbocycles. The summed E-state index contributed by atoms with van der Waals surface area (Å²) in [4.78, 5) is 26.3. The number of aromatic nitrogens is 1. The van der Waals surface area contributed by atoms with Gasteiger partial charge in [0.25, 0.3) is 0 Å². The highest BCUT2D eigenvalue weighted by molar-refractivity contribution is 7.20. The number of hydrogen-bond donors (Lipinski definition) is 1. The van der Waals surface area contributed by atoms with E-state index in [1.165, 1.54) is 16.2 Å². The second-order valence-corrected chi connectivity index (χ2v) is 8.41. The van der Waals surface area contributed by atoms with Gasteiger partial charge in [-0.1, -0.05) is 37.5 Å². The zero-order valence-electron chi connectivity index (χ0n) is 13.6. The van der Waals surface area contributed by atoms with E-state index in [1.807, 2.05) is 20.8 Å². The van der Waals surface area contributed by atoms with E-state index in [0.717, 1.165) is 0 Å². The predicted molar refractivity (Wildman–Crippen MR) is 93.7 cm³/mol. The Balaban J connectivity index is 1.76. The van der Waals surface area contributed by atoms with Gasteiger partial charge in [0.15, 0.2) is 5.82 Å². The molecule has 128 valence electrons. The van der Waals surface area contributed by atoms with Gasteiger partial charge in [0.05, 0.1) is 9.34 Å². The van der Waals surface area contributed by atoms with E-state index in [4.69, 9.17) is 16.1 Å². The number of amides is 2. The highest BCUT2D eigenvalue weighted by Gasteiger charge is 2.38. The molecule has 2 aromatic heterocycles. The van der Waals surface area contributed by atoms with E-state index in [-0.39, 0.29) is 17.2 Å². The van der Waals surface area contributed by atoms with Gasteiger partial charge in [0.1, 0.15) is 11.8 Å². The summed E-state index contributed by atoms with van der Waals surface area (Å²) in [6.45, 7) is 5.99. The van der Waals surface area contributed by atoms with Crippen LogP contribution in [0.15, 0.2) is 22.7 Å². The zero-order chi connectivity index (χ0) is 17.5. The number of rotatable bonds is 3. The minimum Gasteiger partial charge on any atom is -0.359 e. The standard InChI is InChI=1S/C16H18ClN3O3S/c1-16(2,3)10-8-12(19-23-10)18-15(22)9-4-6-13(21)20(9)14-7-5-11(17)24-14/h5,7-9H,4,6H2,1-3H3,(H,18,19,22). The third-order valence-corrected chi connectivity index (χ3v) is 5.04. The monoisotopic (exact) mass is 367 g/mol. The second-order valence-electron chi connectivity index (χ2n) is 6.71. The molecule has 1 aliphatic rings. The van der Waals surface area contributed by atoms with Gasteiger partial charge in [0.2, 0.25) is 11.8 Å². The van der Waals surface area contributed by atoms with Crippen LogP contribution in [0.1, 0.15) is 39.4 Å². The molecular formula is C16H18ClN3O3S. The minimum absolute atomic E-state index is 0.0794. The molecule has 0 aromatic carbocycles. The van der Waals surface area contributed by atoms with Gasteiger partial charge in [-0.2, -0.15) is 0 Å². The highest BCUT2D eigenvalue weighted by atomic mass is 35.5. The van der Waals surface area contributed by atoms with Crippen molar-refractivity contribution < 1.29 is 14.1 Å². The number of anilines is 2. The van der Waals surface area contributed by atoms with Crippen LogP contribution in [0.25, 0.3) is 0 Å². The topological polar surface area (TPSA) is 75.4 Å². The summed E-state index contributed by atoms with van der Waals surface area (Å²) in [6.07, 6.45) is 0.795. The van der Waals surface area contributed by atoms with Crippen molar-refractivity contribution in [2.75, 3.05) is 10.2 Å². The summed E-state index contributed by atoms with van der Waals surface area (Å²) < 4.78 is 5.85. The summed E-state index contributed by atoms with van der Waals surface area (Å²) >= 11 is 7.23. The number of hydrogen-bond acceptors (Lipinski definition) is 5. The number of nitrogens with one attached hydrogen (secondary N) is 1. The zero-order valence-corrected chi connectivity index (χ0v) is 15.2. The molecule has 24 heavy (non-hydrogen) atoms. The molecular weight excluding hydrogens is 350 g/mol. The summed E-state index contributed by atoms with van der Waals surface area (Å²) in [5, 5.41) is 7.30. The first-order chi connectivity index (χ1) is 11.3. The Morgan fingerprint density at radius 1 is 1.46 bits per heavy atom. The van der Waals surface area contributed by atoms with Gasteiger partial charge in [-0.3, -0.25) is 14.5 Å². The lowest BCUT2D eigenvalue weighted by Gasteiger charge is -2.21. The summed E-state index contributed by atoms with van der Waals surface area (Å²) in [5.41, 5.74) is -0.195. The van der Waals surface area contributed by atoms with Gasteiger partial charge in [-0.25, -0.2) is 0 Å². The van der Waals surface area contributed by atoms with Crippen LogP contribution >= 0.6 is 22.9 Å². The maximum atomic E-state index is 12.6. The van der Waals surface area contributed by atoms with Crippen LogP contribution in [0.2, 0.25) is 4.34 Å².